The average Bonchev–Trinajstić information content (AvgIpc) is 2.62. The van der Waals surface area contributed by atoms with Crippen molar-refractivity contribution in [1.82, 2.24) is 5.43 Å². The number of para-hydroxylation sites is 2. The van der Waals surface area contributed by atoms with Crippen LogP contribution < -0.4 is 20.0 Å². The van der Waals surface area contributed by atoms with Crippen LogP contribution >= 0.6 is 0 Å². The number of carbonyl (C=O) groups excluding carboxylic acids is 1. The first kappa shape index (κ1) is 16.2. The molecule has 0 aromatic heterocycles. The molecule has 1 heterocycles. The smallest absolute Gasteiger partial charge is 0.284 e. The first-order valence-electron chi connectivity index (χ1n) is 7.21. The van der Waals surface area contributed by atoms with Crippen LogP contribution in [0.2, 0.25) is 0 Å². The van der Waals surface area contributed by atoms with Crippen LogP contribution in [0, 0.1) is 10.1 Å². The summed E-state index contributed by atoms with van der Waals surface area (Å²) in [5, 5.41) is 26.0. The Morgan fingerprint density at radius 2 is 2.04 bits per heavy atom. The molecule has 128 valence electrons. The number of nitrogens with zero attached hydrogens (tertiary/aromatic N) is 2. The second-order valence-corrected chi connectivity index (χ2v) is 5.08. The van der Waals surface area contributed by atoms with Crippen molar-refractivity contribution in [3.05, 3.63) is 58.1 Å². The molecule has 0 bridgehead atoms. The van der Waals surface area contributed by atoms with Gasteiger partial charge in [-0.15, -0.1) is 0 Å². The van der Waals surface area contributed by atoms with Gasteiger partial charge >= 0.3 is 0 Å². The molecule has 1 N–H and O–H groups in total. The van der Waals surface area contributed by atoms with Crippen LogP contribution in [0.3, 0.4) is 0 Å². The van der Waals surface area contributed by atoms with Gasteiger partial charge in [-0.1, -0.05) is 23.9 Å². The summed E-state index contributed by atoms with van der Waals surface area (Å²) >= 11 is 0. The Kier molecular flexibility index (Phi) is 4.46. The second kappa shape index (κ2) is 6.87. The summed E-state index contributed by atoms with van der Waals surface area (Å²) in [7, 11) is 0. The Balaban J connectivity index is 1.64. The van der Waals surface area contributed by atoms with Crippen molar-refractivity contribution in [2.24, 2.45) is 5.10 Å². The number of hydrogen-bond donors (Lipinski definition) is 1. The van der Waals surface area contributed by atoms with Crippen LogP contribution in [0.1, 0.15) is 5.56 Å². The molecule has 0 saturated carbocycles. The van der Waals surface area contributed by atoms with E-state index < -0.39 is 22.7 Å². The number of amides is 1. The van der Waals surface area contributed by atoms with Crippen molar-refractivity contribution < 1.29 is 24.3 Å². The van der Waals surface area contributed by atoms with Crippen molar-refractivity contribution >= 4 is 17.8 Å². The van der Waals surface area contributed by atoms with Crippen molar-refractivity contribution in [2.75, 3.05) is 6.61 Å². The summed E-state index contributed by atoms with van der Waals surface area (Å²) in [4.78, 5) is 22.1. The maximum atomic E-state index is 12.0. The molecular weight excluding hydrogens is 330 g/mol. The lowest BCUT2D eigenvalue weighted by Gasteiger charge is -2.24. The summed E-state index contributed by atoms with van der Waals surface area (Å²) in [6.45, 7) is 0.0159. The van der Waals surface area contributed by atoms with Crippen LogP contribution in [-0.2, 0) is 4.79 Å². The van der Waals surface area contributed by atoms with Crippen molar-refractivity contribution in [3.8, 4) is 17.2 Å². The number of nitro benzene ring substituents is 1. The highest BCUT2D eigenvalue weighted by molar-refractivity contribution is 5.87. The van der Waals surface area contributed by atoms with Gasteiger partial charge in [0.1, 0.15) is 6.61 Å². The molecule has 9 nitrogen and oxygen atoms in total. The summed E-state index contributed by atoms with van der Waals surface area (Å²) in [5.74, 6) is -0.0283. The zero-order chi connectivity index (χ0) is 17.8. The summed E-state index contributed by atoms with van der Waals surface area (Å²) in [6, 6.07) is 10.2. The fraction of sp³-hybridized carbons (Fsp3) is 0.125. The Morgan fingerprint density at radius 1 is 1.28 bits per heavy atom. The largest absolute Gasteiger partial charge is 0.872 e. The number of nitro groups is 1. The molecule has 25 heavy (non-hydrogen) atoms. The summed E-state index contributed by atoms with van der Waals surface area (Å²) < 4.78 is 10.9. The lowest BCUT2D eigenvalue weighted by molar-refractivity contribution is -0.385. The third-order valence-electron chi connectivity index (χ3n) is 3.38. The summed E-state index contributed by atoms with van der Waals surface area (Å²) in [5.41, 5.74) is 1.97. The third kappa shape index (κ3) is 3.66. The van der Waals surface area contributed by atoms with Gasteiger partial charge in [0.2, 0.25) is 6.10 Å². The van der Waals surface area contributed by atoms with Gasteiger partial charge in [0.05, 0.1) is 11.1 Å². The van der Waals surface area contributed by atoms with Gasteiger partial charge < -0.3 is 14.6 Å². The fourth-order valence-corrected chi connectivity index (χ4v) is 2.14. The first-order chi connectivity index (χ1) is 12.0. The standard InChI is InChI=1S/C16H13N3O6/c20-12-6-5-11(19(22)23)7-10(12)8-17-18-16(21)15-9-24-13-3-1-2-4-14(13)25-15/h1-8,15,20H,9H2,(H,18,21)/p-1/b17-8-/t15-/m0/s1. The number of hydrazone groups is 1. The molecule has 0 spiro atoms. The number of hydrogen-bond acceptors (Lipinski definition) is 7. The van der Waals surface area contributed by atoms with Gasteiger partial charge in [-0.2, -0.15) is 5.10 Å². The van der Waals surface area contributed by atoms with E-state index in [9.17, 15) is 20.0 Å². The maximum absolute atomic E-state index is 12.0. The lowest BCUT2D eigenvalue weighted by atomic mass is 10.2. The molecule has 2 aromatic carbocycles. The predicted octanol–water partition coefficient (Wildman–Crippen LogP) is 0.958. The van der Waals surface area contributed by atoms with Gasteiger partial charge in [0.25, 0.3) is 11.6 Å². The maximum Gasteiger partial charge on any atom is 0.284 e. The van der Waals surface area contributed by atoms with E-state index in [-0.39, 0.29) is 17.9 Å². The zero-order valence-electron chi connectivity index (χ0n) is 12.7. The zero-order valence-corrected chi connectivity index (χ0v) is 12.7. The van der Waals surface area contributed by atoms with E-state index in [4.69, 9.17) is 9.47 Å². The fourth-order valence-electron chi connectivity index (χ4n) is 2.14. The molecule has 9 heteroatoms. The van der Waals surface area contributed by atoms with Crippen LogP contribution in [0.5, 0.6) is 17.2 Å². The van der Waals surface area contributed by atoms with E-state index in [1.54, 1.807) is 24.3 Å². The molecule has 0 aliphatic carbocycles. The van der Waals surface area contributed by atoms with Gasteiger partial charge in [-0.05, 0) is 17.7 Å². The molecule has 0 radical (unpaired) electrons. The minimum atomic E-state index is -0.899. The molecule has 1 aliphatic heterocycles. The van der Waals surface area contributed by atoms with Crippen LogP contribution in [0.25, 0.3) is 0 Å². The molecule has 1 amide bonds. The van der Waals surface area contributed by atoms with Crippen LogP contribution in [0.15, 0.2) is 47.6 Å². The highest BCUT2D eigenvalue weighted by Crippen LogP contribution is 2.30. The average molecular weight is 342 g/mol. The Hall–Kier alpha value is -3.62. The van der Waals surface area contributed by atoms with Gasteiger partial charge in [0, 0.05) is 12.1 Å². The SMILES string of the molecule is O=C(N/N=C\c1cc([N+](=O)[O-])ccc1[O-])[C@@H]1COc2ccccc2O1. The van der Waals surface area contributed by atoms with Gasteiger partial charge in [-0.3, -0.25) is 14.9 Å². The number of benzene rings is 2. The molecule has 0 unspecified atom stereocenters. The molecule has 0 saturated heterocycles. The Bertz CT molecular complexity index is 852. The normalized spacial score (nSPS) is 15.8. The van der Waals surface area contributed by atoms with E-state index in [2.05, 4.69) is 10.5 Å². The minimum Gasteiger partial charge on any atom is -0.872 e. The first-order valence-corrected chi connectivity index (χ1v) is 7.21. The van der Waals surface area contributed by atoms with E-state index in [1.807, 2.05) is 0 Å². The molecule has 1 atom stereocenters. The van der Waals surface area contributed by atoms with Crippen molar-refractivity contribution in [2.45, 2.75) is 6.10 Å². The quantitative estimate of drug-likeness (QED) is 0.501. The van der Waals surface area contributed by atoms with E-state index in [0.29, 0.717) is 11.5 Å². The minimum absolute atomic E-state index is 0.0133. The lowest BCUT2D eigenvalue weighted by Crippen LogP contribution is -2.42. The van der Waals surface area contributed by atoms with Crippen molar-refractivity contribution in [3.63, 3.8) is 0 Å². The van der Waals surface area contributed by atoms with Crippen LogP contribution in [0.4, 0.5) is 5.69 Å². The molecule has 3 rings (SSSR count). The Labute approximate surface area is 141 Å². The van der Waals surface area contributed by atoms with Crippen molar-refractivity contribution in [1.29, 1.82) is 0 Å². The molecule has 0 fully saturated rings. The number of ether oxygens (including phenoxy) is 2. The monoisotopic (exact) mass is 342 g/mol. The highest BCUT2D eigenvalue weighted by atomic mass is 16.6. The van der Waals surface area contributed by atoms with E-state index in [1.165, 1.54) is 0 Å². The van der Waals surface area contributed by atoms with E-state index >= 15 is 0 Å². The number of fused-ring (bicyclic) bond motifs is 1. The molecular formula is C16H12N3O6-. The number of non-ortho nitro benzene ring substituents is 1. The third-order valence-corrected chi connectivity index (χ3v) is 3.38. The molecule has 1 aliphatic rings. The number of carbonyl (C=O) groups is 1. The van der Waals surface area contributed by atoms with Crippen LogP contribution in [-0.4, -0.2) is 29.8 Å². The van der Waals surface area contributed by atoms with Gasteiger partial charge in [-0.25, -0.2) is 5.43 Å². The predicted molar refractivity (Wildman–Crippen MR) is 84.6 cm³/mol. The highest BCUT2D eigenvalue weighted by Gasteiger charge is 2.26. The van der Waals surface area contributed by atoms with Gasteiger partial charge in [0.15, 0.2) is 11.5 Å². The molecule has 2 aromatic rings. The Morgan fingerprint density at radius 3 is 2.80 bits per heavy atom. The number of nitrogens with one attached hydrogen (secondary N) is 1. The second-order valence-electron chi connectivity index (χ2n) is 5.08. The topological polar surface area (TPSA) is 126 Å². The summed E-state index contributed by atoms with van der Waals surface area (Å²) in [6.07, 6.45) is 0.147. The van der Waals surface area contributed by atoms with E-state index in [0.717, 1.165) is 24.4 Å². The number of rotatable bonds is 4.